The van der Waals surface area contributed by atoms with Gasteiger partial charge >= 0.3 is 5.97 Å². The minimum absolute atomic E-state index is 0.220. The number of hydrogen-bond acceptors (Lipinski definition) is 8. The molecule has 1 amide bonds. The van der Waals surface area contributed by atoms with Crippen LogP contribution in [0.4, 0.5) is 5.69 Å². The molecule has 4 aromatic rings. The van der Waals surface area contributed by atoms with Gasteiger partial charge in [0.05, 0.1) is 12.6 Å². The number of hydrogen-bond donors (Lipinski definition) is 3. The molecule has 0 saturated heterocycles. The van der Waals surface area contributed by atoms with Crippen LogP contribution in [0.15, 0.2) is 67.1 Å². The molecule has 0 radical (unpaired) electrons. The molecule has 4 rings (SSSR count). The molecule has 1 unspecified atom stereocenters. The highest BCUT2D eigenvalue weighted by atomic mass is 16.5. The molecule has 0 bridgehead atoms. The second-order valence-corrected chi connectivity index (χ2v) is 7.97. The number of ether oxygens (including phenoxy) is 1. The van der Waals surface area contributed by atoms with E-state index in [0.29, 0.717) is 35.2 Å². The summed E-state index contributed by atoms with van der Waals surface area (Å²) in [7, 11) is 1.87. The molecule has 2 heterocycles. The van der Waals surface area contributed by atoms with E-state index in [1.54, 1.807) is 54.7 Å². The second kappa shape index (κ2) is 11.1. The summed E-state index contributed by atoms with van der Waals surface area (Å²) in [6.45, 7) is 1.87. The molecule has 36 heavy (non-hydrogen) atoms. The lowest BCUT2D eigenvalue weighted by Gasteiger charge is -2.15. The molecule has 0 aliphatic heterocycles. The van der Waals surface area contributed by atoms with E-state index in [-0.39, 0.29) is 11.9 Å². The summed E-state index contributed by atoms with van der Waals surface area (Å²) >= 11 is 0. The number of aromatic nitrogens is 5. The first-order valence-corrected chi connectivity index (χ1v) is 11.1. The van der Waals surface area contributed by atoms with Crippen LogP contribution in [0.2, 0.25) is 0 Å². The molecular weight excluding hydrogens is 462 g/mol. The topological polar surface area (TPSA) is 144 Å². The number of nitrogens with zero attached hydrogens (tertiary/aromatic N) is 5. The molecule has 0 aliphatic carbocycles. The number of rotatable bonds is 10. The molecule has 0 saturated carbocycles. The summed E-state index contributed by atoms with van der Waals surface area (Å²) in [6, 6.07) is 15.6. The van der Waals surface area contributed by atoms with Crippen LogP contribution in [0.25, 0.3) is 11.5 Å². The summed E-state index contributed by atoms with van der Waals surface area (Å²) in [6.07, 6.45) is 3.11. The maximum Gasteiger partial charge on any atom is 0.341 e. The second-order valence-electron chi connectivity index (χ2n) is 7.97. The first-order valence-electron chi connectivity index (χ1n) is 11.1. The van der Waals surface area contributed by atoms with Gasteiger partial charge in [0.2, 0.25) is 0 Å². The highest BCUT2D eigenvalue weighted by molar-refractivity contribution is 5.95. The Bertz CT molecular complexity index is 1340. The summed E-state index contributed by atoms with van der Waals surface area (Å²) in [5, 5.41) is 23.4. The van der Waals surface area contributed by atoms with Crippen LogP contribution < -0.4 is 15.4 Å². The molecule has 11 heteroatoms. The van der Waals surface area contributed by atoms with E-state index in [0.717, 1.165) is 11.3 Å². The van der Waals surface area contributed by atoms with Crippen LogP contribution in [0.1, 0.15) is 34.7 Å². The summed E-state index contributed by atoms with van der Waals surface area (Å²) in [5.74, 6) is 0.535. The van der Waals surface area contributed by atoms with E-state index < -0.39 is 12.6 Å². The van der Waals surface area contributed by atoms with Gasteiger partial charge in [-0.05, 0) is 48.9 Å². The van der Waals surface area contributed by atoms with Gasteiger partial charge in [0.25, 0.3) is 5.91 Å². The zero-order valence-corrected chi connectivity index (χ0v) is 19.8. The third-order valence-electron chi connectivity index (χ3n) is 5.44. The van der Waals surface area contributed by atoms with E-state index in [1.165, 1.54) is 6.33 Å². The standard InChI is InChI=1S/C25H25N7O4/c1-16(17-6-8-20(9-7-17)36-14-23(33)34)29-25(35)18-4-3-5-19(12-18)27-13-22-30-31-24(32(22)2)21-10-11-26-15-28-21/h3-12,15-16,27H,13-14H2,1-2H3,(H,29,35)(H,33,34). The lowest BCUT2D eigenvalue weighted by Crippen LogP contribution is -2.26. The molecule has 11 nitrogen and oxygen atoms in total. The van der Waals surface area contributed by atoms with Crippen LogP contribution in [0.5, 0.6) is 5.75 Å². The number of carboxylic acid groups (broad SMARTS) is 1. The van der Waals surface area contributed by atoms with Crippen molar-refractivity contribution in [1.82, 2.24) is 30.0 Å². The molecule has 184 valence electrons. The fourth-order valence-corrected chi connectivity index (χ4v) is 3.47. The van der Waals surface area contributed by atoms with Crippen molar-refractivity contribution >= 4 is 17.6 Å². The van der Waals surface area contributed by atoms with Gasteiger partial charge in [0.1, 0.15) is 17.8 Å². The highest BCUT2D eigenvalue weighted by Crippen LogP contribution is 2.19. The van der Waals surface area contributed by atoms with Crippen LogP contribution in [-0.2, 0) is 18.4 Å². The zero-order valence-electron chi connectivity index (χ0n) is 19.8. The smallest absolute Gasteiger partial charge is 0.341 e. The normalized spacial score (nSPS) is 11.5. The van der Waals surface area contributed by atoms with Crippen molar-refractivity contribution < 1.29 is 19.4 Å². The maximum atomic E-state index is 12.8. The Morgan fingerprint density at radius 1 is 1.11 bits per heavy atom. The number of nitrogens with one attached hydrogen (secondary N) is 2. The van der Waals surface area contributed by atoms with Gasteiger partial charge in [-0.15, -0.1) is 10.2 Å². The molecule has 1 atom stereocenters. The van der Waals surface area contributed by atoms with E-state index >= 15 is 0 Å². The van der Waals surface area contributed by atoms with E-state index in [4.69, 9.17) is 9.84 Å². The third-order valence-corrected chi connectivity index (χ3v) is 5.44. The van der Waals surface area contributed by atoms with Crippen molar-refractivity contribution in [2.75, 3.05) is 11.9 Å². The molecule has 2 aromatic heterocycles. The maximum absolute atomic E-state index is 12.8. The summed E-state index contributed by atoms with van der Waals surface area (Å²) < 4.78 is 7.00. The molecule has 0 spiro atoms. The quantitative estimate of drug-likeness (QED) is 0.307. The highest BCUT2D eigenvalue weighted by Gasteiger charge is 2.14. The number of aliphatic carboxylic acids is 1. The summed E-state index contributed by atoms with van der Waals surface area (Å²) in [4.78, 5) is 31.6. The number of carbonyl (C=O) groups is 2. The Morgan fingerprint density at radius 3 is 2.64 bits per heavy atom. The Balaban J connectivity index is 1.36. The fourth-order valence-electron chi connectivity index (χ4n) is 3.47. The minimum atomic E-state index is -1.04. The summed E-state index contributed by atoms with van der Waals surface area (Å²) in [5.41, 5.74) is 2.82. The number of carbonyl (C=O) groups excluding carboxylic acids is 1. The van der Waals surface area contributed by atoms with Crippen molar-refractivity contribution in [3.05, 3.63) is 84.1 Å². The molecular formula is C25H25N7O4. The number of carboxylic acids is 1. The Labute approximate surface area is 207 Å². The molecule has 3 N–H and O–H groups in total. The van der Waals surface area contributed by atoms with Crippen LogP contribution in [-0.4, -0.2) is 48.3 Å². The third kappa shape index (κ3) is 6.00. The van der Waals surface area contributed by atoms with Crippen molar-refractivity contribution in [2.45, 2.75) is 19.5 Å². The number of benzene rings is 2. The minimum Gasteiger partial charge on any atom is -0.482 e. The molecule has 2 aromatic carbocycles. The van der Waals surface area contributed by atoms with Gasteiger partial charge in [0, 0.05) is 24.5 Å². The van der Waals surface area contributed by atoms with Gasteiger partial charge in [-0.3, -0.25) is 4.79 Å². The first-order chi connectivity index (χ1) is 17.4. The monoisotopic (exact) mass is 487 g/mol. The Morgan fingerprint density at radius 2 is 1.92 bits per heavy atom. The largest absolute Gasteiger partial charge is 0.482 e. The molecule has 0 aliphatic rings. The average Bonchev–Trinajstić information content (AvgIpc) is 3.27. The average molecular weight is 488 g/mol. The van der Waals surface area contributed by atoms with Gasteiger partial charge in [-0.2, -0.15) is 0 Å². The predicted molar refractivity (Wildman–Crippen MR) is 131 cm³/mol. The van der Waals surface area contributed by atoms with Crippen molar-refractivity contribution in [1.29, 1.82) is 0 Å². The van der Waals surface area contributed by atoms with Crippen molar-refractivity contribution in [3.8, 4) is 17.3 Å². The molecule has 0 fully saturated rings. The lowest BCUT2D eigenvalue weighted by molar-refractivity contribution is -0.139. The SMILES string of the molecule is CC(NC(=O)c1cccc(NCc2nnc(-c3ccncn3)n2C)c1)c1ccc(OCC(=O)O)cc1. The van der Waals surface area contributed by atoms with E-state index in [1.807, 2.05) is 24.6 Å². The van der Waals surface area contributed by atoms with Gasteiger partial charge in [-0.25, -0.2) is 14.8 Å². The van der Waals surface area contributed by atoms with Gasteiger partial charge in [-0.1, -0.05) is 18.2 Å². The fraction of sp³-hybridized carbons (Fsp3) is 0.200. The number of amides is 1. The van der Waals surface area contributed by atoms with Crippen LogP contribution >= 0.6 is 0 Å². The first kappa shape index (κ1) is 24.3. The van der Waals surface area contributed by atoms with Crippen LogP contribution in [0, 0.1) is 0 Å². The lowest BCUT2D eigenvalue weighted by atomic mass is 10.1. The number of anilines is 1. The van der Waals surface area contributed by atoms with Gasteiger partial charge < -0.3 is 25.0 Å². The Kier molecular flexibility index (Phi) is 7.49. The van der Waals surface area contributed by atoms with E-state index in [9.17, 15) is 9.59 Å². The van der Waals surface area contributed by atoms with Gasteiger partial charge in [0.15, 0.2) is 18.3 Å². The van der Waals surface area contributed by atoms with E-state index in [2.05, 4.69) is 30.8 Å². The van der Waals surface area contributed by atoms with Crippen molar-refractivity contribution in [2.24, 2.45) is 7.05 Å². The Hall–Kier alpha value is -4.80. The van der Waals surface area contributed by atoms with Crippen LogP contribution in [0.3, 0.4) is 0 Å². The predicted octanol–water partition coefficient (Wildman–Crippen LogP) is 2.84. The zero-order chi connectivity index (χ0) is 25.5. The van der Waals surface area contributed by atoms with Crippen molar-refractivity contribution in [3.63, 3.8) is 0 Å².